The molecule has 2 atom stereocenters. The highest BCUT2D eigenvalue weighted by Gasteiger charge is 2.42. The van der Waals surface area contributed by atoms with Gasteiger partial charge in [-0.2, -0.15) is 0 Å². The number of thiophene rings is 2. The zero-order chi connectivity index (χ0) is 60.5. The minimum Gasteiger partial charge on any atom is -0.477 e. The largest absolute Gasteiger partial charge is 0.477 e. The molecule has 2 saturated carbocycles. The molecule has 2 aliphatic carbocycles. The predicted molar refractivity (Wildman–Crippen MR) is 319 cm³/mol. The van der Waals surface area contributed by atoms with Crippen molar-refractivity contribution in [3.8, 4) is 23.7 Å². The van der Waals surface area contributed by atoms with Gasteiger partial charge < -0.3 is 29.1 Å². The van der Waals surface area contributed by atoms with Gasteiger partial charge in [0.15, 0.2) is 6.07 Å². The molecule has 0 spiro atoms. The second-order valence-electron chi connectivity index (χ2n) is 24.7. The van der Waals surface area contributed by atoms with E-state index < -0.39 is 36.8 Å². The van der Waals surface area contributed by atoms with Crippen molar-refractivity contribution in [2.24, 2.45) is 46.3 Å². The van der Waals surface area contributed by atoms with Gasteiger partial charge >= 0.3 is 23.9 Å². The van der Waals surface area contributed by atoms with Gasteiger partial charge in [-0.15, -0.1) is 22.7 Å². The maximum Gasteiger partial charge on any atom is 0.353 e. The SMILES string of the molecule is CC(C)C(=O)OCCl.CC1CCC(C(=O)N(c2cc(C#CC(C)(C)C)sc2C(=O)O)[C@H]2CCCCN(C)C2=O)CC1.CC1CCC(C(=O)N(c2cc(C#CC(C)(C)C)sc2C(=O)OCOC(=O)C(C)C)[C@H]2CCCCN(C)C2=O)CC1. The molecular formula is C62H89ClN4O12S2. The van der Waals surface area contributed by atoms with Crippen molar-refractivity contribution in [3.63, 3.8) is 0 Å². The summed E-state index contributed by atoms with van der Waals surface area (Å²) in [5, 5.41) is 9.98. The number of carbonyl (C=O) groups is 8. The predicted octanol–water partition coefficient (Wildman–Crippen LogP) is 12.0. The van der Waals surface area contributed by atoms with Gasteiger partial charge in [0, 0.05) is 49.9 Å². The van der Waals surface area contributed by atoms with Gasteiger partial charge in [-0.25, -0.2) is 9.59 Å². The van der Waals surface area contributed by atoms with Crippen LogP contribution < -0.4 is 9.80 Å². The summed E-state index contributed by atoms with van der Waals surface area (Å²) in [6, 6.07) is 2.00. The molecule has 16 nitrogen and oxygen atoms in total. The van der Waals surface area contributed by atoms with Crippen LogP contribution in [0.1, 0.15) is 202 Å². The second-order valence-corrected chi connectivity index (χ2v) is 27.0. The monoisotopic (exact) mass is 1180 g/mol. The molecule has 19 heteroatoms. The number of alkyl halides is 1. The number of hydrogen-bond acceptors (Lipinski definition) is 13. The highest BCUT2D eigenvalue weighted by Crippen LogP contribution is 2.40. The fraction of sp³-hybridized carbons (Fsp3) is 0.677. The Bertz CT molecular complexity index is 2640. The third kappa shape index (κ3) is 20.8. The number of likely N-dealkylation sites (tertiary alicyclic amines) is 2. The molecule has 0 unspecified atom stereocenters. The van der Waals surface area contributed by atoms with Crippen LogP contribution in [0.25, 0.3) is 0 Å². The first kappa shape index (κ1) is 68.1. The number of halogens is 1. The number of carbonyl (C=O) groups excluding carboxylic acids is 7. The highest BCUT2D eigenvalue weighted by molar-refractivity contribution is 7.15. The Morgan fingerprint density at radius 1 is 0.617 bits per heavy atom. The summed E-state index contributed by atoms with van der Waals surface area (Å²) in [6.07, 6.45) is 11.3. The van der Waals surface area contributed by atoms with Crippen LogP contribution in [0, 0.1) is 70.0 Å². The molecule has 6 rings (SSSR count). The molecule has 0 radical (unpaired) electrons. The number of esters is 3. The second kappa shape index (κ2) is 31.3. The van der Waals surface area contributed by atoms with E-state index in [0.29, 0.717) is 58.9 Å². The van der Waals surface area contributed by atoms with Crippen LogP contribution in [-0.4, -0.2) is 115 Å². The van der Waals surface area contributed by atoms with E-state index in [9.17, 15) is 43.5 Å². The van der Waals surface area contributed by atoms with Crippen molar-refractivity contribution in [3.05, 3.63) is 31.6 Å². The van der Waals surface area contributed by atoms with E-state index in [2.05, 4.69) is 42.3 Å². The summed E-state index contributed by atoms with van der Waals surface area (Å²) in [5.74, 6) is 9.83. The van der Waals surface area contributed by atoms with Gasteiger partial charge in [-0.1, -0.05) is 76.8 Å². The molecule has 4 amide bonds. The quantitative estimate of drug-likeness (QED) is 0.0863. The average molecular weight is 1180 g/mol. The molecule has 2 aromatic rings. The number of amides is 4. The van der Waals surface area contributed by atoms with Crippen LogP contribution in [0.4, 0.5) is 11.4 Å². The molecule has 0 aromatic carbocycles. The zero-order valence-corrected chi connectivity index (χ0v) is 52.8. The minimum absolute atomic E-state index is 0.0446. The summed E-state index contributed by atoms with van der Waals surface area (Å²) in [5.41, 5.74) is 0.162. The van der Waals surface area contributed by atoms with Crippen LogP contribution >= 0.6 is 34.3 Å². The molecular weight excluding hydrogens is 1090 g/mol. The number of aromatic carboxylic acids is 1. The minimum atomic E-state index is -1.09. The lowest BCUT2D eigenvalue weighted by Crippen LogP contribution is -2.52. The van der Waals surface area contributed by atoms with E-state index >= 15 is 0 Å². The molecule has 4 aliphatic rings. The Labute approximate surface area is 494 Å². The molecule has 0 bridgehead atoms. The molecule has 4 heterocycles. The standard InChI is InChI=1S/C31H44N2O6S.C26H36N2O4S.C5H9ClO2/c1-20(2)29(36)38-19-39-30(37)26-25(18-23(40-26)15-16-31(4,5)6)33(24-10-8-9-17-32(7)28(24)35)27(34)22-13-11-21(3)12-14-22;1-17-9-11-18(12-10-17)23(29)28(20-8-6-7-15-27(5)24(20)30)21-16-19(13-14-26(2,3)4)33-22(21)25(31)32;1-4(2)5(7)8-3-6/h18,20-22,24H,8-14,17,19H2,1-7H3;16-18,20H,6-12,15H2,1-5H3,(H,31,32);4H,3H2,1-2H3/t21?,22?,24-;17?,18?,20-;/m00./s1. The van der Waals surface area contributed by atoms with E-state index in [0.717, 1.165) is 99.7 Å². The molecule has 4 fully saturated rings. The summed E-state index contributed by atoms with van der Waals surface area (Å²) >= 11 is 7.31. The van der Waals surface area contributed by atoms with Crippen molar-refractivity contribution in [2.45, 2.75) is 185 Å². The molecule has 81 heavy (non-hydrogen) atoms. The normalized spacial score (nSPS) is 21.4. The van der Waals surface area contributed by atoms with E-state index in [1.54, 1.807) is 68.6 Å². The molecule has 2 aliphatic heterocycles. The Morgan fingerprint density at radius 2 is 1.00 bits per heavy atom. The van der Waals surface area contributed by atoms with E-state index in [4.69, 9.17) is 21.1 Å². The zero-order valence-electron chi connectivity index (χ0n) is 50.4. The number of likely N-dealkylation sites (N-methyl/N-ethyl adjacent to an activating group) is 2. The Hall–Kier alpha value is -5.43. The first-order valence-electron chi connectivity index (χ1n) is 28.7. The van der Waals surface area contributed by atoms with Crippen LogP contribution in [-0.2, 0) is 43.0 Å². The van der Waals surface area contributed by atoms with Crippen LogP contribution in [0.3, 0.4) is 0 Å². The van der Waals surface area contributed by atoms with Gasteiger partial charge in [0.05, 0.1) is 33.0 Å². The number of carboxylic acid groups (broad SMARTS) is 1. The first-order chi connectivity index (χ1) is 37.9. The fourth-order valence-corrected chi connectivity index (χ4v) is 11.6. The Kier molecular flexibility index (Phi) is 26.3. The number of carboxylic acids is 1. The molecule has 448 valence electrons. The number of anilines is 2. The lowest BCUT2D eigenvalue weighted by atomic mass is 9.82. The summed E-state index contributed by atoms with van der Waals surface area (Å²) in [6.45, 7) is 24.0. The van der Waals surface area contributed by atoms with E-state index in [1.165, 1.54) is 4.90 Å². The van der Waals surface area contributed by atoms with Crippen LogP contribution in [0.2, 0.25) is 0 Å². The Morgan fingerprint density at radius 3 is 1.36 bits per heavy atom. The maximum absolute atomic E-state index is 14.3. The lowest BCUT2D eigenvalue weighted by molar-refractivity contribution is -0.156. The van der Waals surface area contributed by atoms with Crippen molar-refractivity contribution >= 4 is 93.2 Å². The van der Waals surface area contributed by atoms with Crippen molar-refractivity contribution in [1.82, 2.24) is 9.80 Å². The summed E-state index contributed by atoms with van der Waals surface area (Å²) in [7, 11) is 3.52. The van der Waals surface area contributed by atoms with Gasteiger partial charge in [0.1, 0.15) is 21.8 Å². The third-order valence-electron chi connectivity index (χ3n) is 14.6. The topological polar surface area (TPSA) is 197 Å². The van der Waals surface area contributed by atoms with Crippen molar-refractivity contribution in [1.29, 1.82) is 0 Å². The van der Waals surface area contributed by atoms with Crippen LogP contribution in [0.5, 0.6) is 0 Å². The number of hydrogen-bond donors (Lipinski definition) is 1. The molecule has 1 N–H and O–H groups in total. The first-order valence-corrected chi connectivity index (χ1v) is 30.9. The van der Waals surface area contributed by atoms with Crippen LogP contribution in [0.15, 0.2) is 12.1 Å². The highest BCUT2D eigenvalue weighted by atomic mass is 35.5. The van der Waals surface area contributed by atoms with Gasteiger partial charge in [0.2, 0.25) is 30.4 Å². The third-order valence-corrected chi connectivity index (χ3v) is 16.7. The lowest BCUT2D eigenvalue weighted by Gasteiger charge is -2.36. The molecule has 2 saturated heterocycles. The number of nitrogens with zero attached hydrogens (tertiary/aromatic N) is 4. The van der Waals surface area contributed by atoms with Crippen molar-refractivity contribution in [2.75, 3.05) is 49.8 Å². The molecule has 2 aromatic heterocycles. The van der Waals surface area contributed by atoms with E-state index in [1.807, 2.05) is 41.5 Å². The summed E-state index contributed by atoms with van der Waals surface area (Å²) < 4.78 is 14.8. The van der Waals surface area contributed by atoms with Gasteiger partial charge in [-0.3, -0.25) is 38.6 Å². The fourth-order valence-electron chi connectivity index (χ4n) is 9.75. The van der Waals surface area contributed by atoms with E-state index in [-0.39, 0.29) is 79.9 Å². The average Bonchev–Trinajstić information content (AvgIpc) is 3.99. The number of rotatable bonds is 13. The Balaban J connectivity index is 0.000000311. The smallest absolute Gasteiger partial charge is 0.353 e. The maximum atomic E-state index is 14.3. The van der Waals surface area contributed by atoms with Crippen molar-refractivity contribution < 1.29 is 57.7 Å². The van der Waals surface area contributed by atoms with Gasteiger partial charge in [0.25, 0.3) is 0 Å². The number of ether oxygens (including phenoxy) is 3. The van der Waals surface area contributed by atoms with Gasteiger partial charge in [-0.05, 0) is 155 Å². The summed E-state index contributed by atoms with van der Waals surface area (Å²) in [4.78, 5) is 111.